The maximum Gasteiger partial charge on any atom is 0.336 e. The zero-order chi connectivity index (χ0) is 31.4. The minimum absolute atomic E-state index is 0.0964. The number of carboxylic acids is 2. The van der Waals surface area contributed by atoms with E-state index in [1.54, 1.807) is 24.3 Å². The molecule has 8 nitrogen and oxygen atoms in total. The highest BCUT2D eigenvalue weighted by Gasteiger charge is 2.25. The summed E-state index contributed by atoms with van der Waals surface area (Å²) in [6.45, 7) is 5.32. The first-order chi connectivity index (χ1) is 21.3. The predicted molar refractivity (Wildman–Crippen MR) is 175 cm³/mol. The van der Waals surface area contributed by atoms with Crippen molar-refractivity contribution in [2.75, 3.05) is 13.1 Å². The van der Waals surface area contributed by atoms with Gasteiger partial charge in [-0.1, -0.05) is 76.6 Å². The summed E-state index contributed by atoms with van der Waals surface area (Å²) in [6.07, 6.45) is 8.13. The maximum atomic E-state index is 13.6. The average Bonchev–Trinajstić information content (AvgIpc) is 3.02. The molecule has 0 aliphatic heterocycles. The highest BCUT2D eigenvalue weighted by atomic mass is 16.4. The fourth-order valence-electron chi connectivity index (χ4n) is 6.32. The molecule has 0 unspecified atom stereocenters. The lowest BCUT2D eigenvalue weighted by Gasteiger charge is -2.20. The van der Waals surface area contributed by atoms with Gasteiger partial charge in [0.05, 0.1) is 11.1 Å². The molecule has 5 aromatic rings. The number of hydrogen-bond donors (Lipinski definition) is 4. The highest BCUT2D eigenvalue weighted by molar-refractivity contribution is 6.38. The van der Waals surface area contributed by atoms with Crippen molar-refractivity contribution in [2.45, 2.75) is 65.2 Å². The molecule has 5 rings (SSSR count). The molecule has 0 radical (unpaired) electrons. The van der Waals surface area contributed by atoms with Gasteiger partial charge in [0.1, 0.15) is 0 Å². The van der Waals surface area contributed by atoms with E-state index in [0.29, 0.717) is 61.9 Å². The minimum Gasteiger partial charge on any atom is -0.478 e. The lowest BCUT2D eigenvalue weighted by atomic mass is 9.84. The molecule has 0 aliphatic rings. The van der Waals surface area contributed by atoms with Crippen LogP contribution in [0.4, 0.5) is 0 Å². The van der Waals surface area contributed by atoms with E-state index < -0.39 is 11.9 Å². The van der Waals surface area contributed by atoms with E-state index in [1.165, 1.54) is 12.1 Å². The summed E-state index contributed by atoms with van der Waals surface area (Å²) in [5.41, 5.74) is 0.587. The van der Waals surface area contributed by atoms with Crippen LogP contribution in [0.25, 0.3) is 43.1 Å². The van der Waals surface area contributed by atoms with Gasteiger partial charge in [-0.3, -0.25) is 9.59 Å². The number of carbonyl (C=O) groups excluding carboxylic acids is 2. The Bertz CT molecular complexity index is 1770. The van der Waals surface area contributed by atoms with Gasteiger partial charge in [-0.2, -0.15) is 0 Å². The molecule has 0 bridgehead atoms. The average molecular weight is 595 g/mol. The van der Waals surface area contributed by atoms with Gasteiger partial charge in [-0.15, -0.1) is 0 Å². The molecular formula is C36H38N2O6. The molecule has 0 saturated carbocycles. The first kappa shape index (κ1) is 30.7. The Kier molecular flexibility index (Phi) is 9.28. The van der Waals surface area contributed by atoms with Crippen molar-refractivity contribution in [1.82, 2.24) is 10.6 Å². The molecule has 2 amide bonds. The zero-order valence-corrected chi connectivity index (χ0v) is 25.2. The standard InChI is InChI=1S/C36H38N2O6/c1-3-5-7-9-19-37-33(39)25-15-11-21-23-13-17-27(35(41)42)32-28(36(43)44)18-14-24(30(23)32)22-12-16-26(31(25)29(21)22)34(40)38-20-10-8-6-4-2/h11-18H,3-10,19-20H2,1-2H3,(H,37,39)(H,38,40)(H,41,42)(H,43,44). The van der Waals surface area contributed by atoms with Crippen LogP contribution in [0.2, 0.25) is 0 Å². The van der Waals surface area contributed by atoms with Crippen molar-refractivity contribution >= 4 is 66.8 Å². The molecule has 0 atom stereocenters. The summed E-state index contributed by atoms with van der Waals surface area (Å²) in [4.78, 5) is 51.7. The van der Waals surface area contributed by atoms with Crippen LogP contribution in [0, 0.1) is 0 Å². The number of carboxylic acid groups (broad SMARTS) is 2. The van der Waals surface area contributed by atoms with Gasteiger partial charge >= 0.3 is 11.9 Å². The third-order valence-electron chi connectivity index (χ3n) is 8.48. The lowest BCUT2D eigenvalue weighted by molar-refractivity contribution is 0.0695. The monoisotopic (exact) mass is 594 g/mol. The third-order valence-corrected chi connectivity index (χ3v) is 8.48. The van der Waals surface area contributed by atoms with Gasteiger partial charge in [0.15, 0.2) is 0 Å². The second-order valence-corrected chi connectivity index (χ2v) is 11.4. The van der Waals surface area contributed by atoms with Crippen LogP contribution in [0.5, 0.6) is 0 Å². The first-order valence-electron chi connectivity index (χ1n) is 15.5. The molecule has 0 aliphatic carbocycles. The number of carbonyl (C=O) groups is 4. The Hall–Kier alpha value is -4.72. The summed E-state index contributed by atoms with van der Waals surface area (Å²) in [7, 11) is 0. The summed E-state index contributed by atoms with van der Waals surface area (Å²) >= 11 is 0. The maximum absolute atomic E-state index is 13.6. The highest BCUT2D eigenvalue weighted by Crippen LogP contribution is 2.44. The van der Waals surface area contributed by atoms with Crippen molar-refractivity contribution in [1.29, 1.82) is 0 Å². The van der Waals surface area contributed by atoms with Crippen molar-refractivity contribution < 1.29 is 29.4 Å². The summed E-state index contributed by atoms with van der Waals surface area (Å²) in [6, 6.07) is 13.3. The topological polar surface area (TPSA) is 133 Å². The Balaban J connectivity index is 1.75. The number of amides is 2. The SMILES string of the molecule is CCCCCCNC(=O)c1ccc2c3ccc(C(=O)O)c4c(C(=O)O)ccc(c5ccc(C(=O)NCCCCCC)c1c25)c43. The minimum atomic E-state index is -1.22. The largest absolute Gasteiger partial charge is 0.478 e. The molecule has 0 saturated heterocycles. The number of fused-ring (bicyclic) bond motifs is 2. The zero-order valence-electron chi connectivity index (χ0n) is 25.2. The van der Waals surface area contributed by atoms with E-state index >= 15 is 0 Å². The third kappa shape index (κ3) is 5.64. The second-order valence-electron chi connectivity index (χ2n) is 11.4. The molecule has 5 aromatic carbocycles. The fourth-order valence-corrected chi connectivity index (χ4v) is 6.32. The van der Waals surface area contributed by atoms with Crippen LogP contribution < -0.4 is 10.6 Å². The number of nitrogens with one attached hydrogen (secondary N) is 2. The fraction of sp³-hybridized carbons (Fsp3) is 0.333. The first-order valence-corrected chi connectivity index (χ1v) is 15.5. The predicted octanol–water partition coefficient (Wildman–Crippen LogP) is 7.75. The quantitative estimate of drug-likeness (QED) is 0.0590. The van der Waals surface area contributed by atoms with Crippen LogP contribution >= 0.6 is 0 Å². The normalized spacial score (nSPS) is 11.5. The molecule has 0 fully saturated rings. The molecule has 228 valence electrons. The van der Waals surface area contributed by atoms with E-state index in [2.05, 4.69) is 24.5 Å². The van der Waals surface area contributed by atoms with Crippen LogP contribution in [0.1, 0.15) is 107 Å². The summed E-state index contributed by atoms with van der Waals surface area (Å²) in [5, 5.41) is 30.6. The van der Waals surface area contributed by atoms with Gasteiger partial charge < -0.3 is 20.8 Å². The van der Waals surface area contributed by atoms with Crippen molar-refractivity contribution in [3.8, 4) is 0 Å². The van der Waals surface area contributed by atoms with Gasteiger partial charge in [-0.25, -0.2) is 9.59 Å². The van der Waals surface area contributed by atoms with Crippen molar-refractivity contribution in [3.05, 3.63) is 70.8 Å². The van der Waals surface area contributed by atoms with E-state index in [-0.39, 0.29) is 28.3 Å². The number of benzene rings is 5. The molecule has 8 heteroatoms. The van der Waals surface area contributed by atoms with E-state index in [9.17, 15) is 29.4 Å². The van der Waals surface area contributed by atoms with Gasteiger partial charge in [0.25, 0.3) is 11.8 Å². The number of aromatic carboxylic acids is 2. The Morgan fingerprint density at radius 1 is 0.477 bits per heavy atom. The van der Waals surface area contributed by atoms with Crippen LogP contribution in [-0.4, -0.2) is 47.1 Å². The summed E-state index contributed by atoms with van der Waals surface area (Å²) in [5.74, 6) is -2.96. The molecular weight excluding hydrogens is 556 g/mol. The van der Waals surface area contributed by atoms with Crippen LogP contribution in [0.15, 0.2) is 48.5 Å². The van der Waals surface area contributed by atoms with Gasteiger partial charge in [0, 0.05) is 35.0 Å². The van der Waals surface area contributed by atoms with Crippen LogP contribution in [0.3, 0.4) is 0 Å². The molecule has 4 N–H and O–H groups in total. The number of hydrogen-bond acceptors (Lipinski definition) is 4. The van der Waals surface area contributed by atoms with E-state index in [0.717, 1.165) is 51.4 Å². The Labute approximate surface area is 255 Å². The van der Waals surface area contributed by atoms with E-state index in [4.69, 9.17) is 0 Å². The Morgan fingerprint density at radius 2 is 0.818 bits per heavy atom. The number of rotatable bonds is 14. The summed E-state index contributed by atoms with van der Waals surface area (Å²) < 4.78 is 0. The molecule has 0 heterocycles. The lowest BCUT2D eigenvalue weighted by Crippen LogP contribution is -2.27. The van der Waals surface area contributed by atoms with Crippen molar-refractivity contribution in [2.24, 2.45) is 0 Å². The smallest absolute Gasteiger partial charge is 0.336 e. The molecule has 0 aromatic heterocycles. The van der Waals surface area contributed by atoms with Crippen LogP contribution in [-0.2, 0) is 0 Å². The van der Waals surface area contributed by atoms with E-state index in [1.807, 2.05) is 12.1 Å². The Morgan fingerprint density at radius 3 is 1.16 bits per heavy atom. The number of unbranched alkanes of at least 4 members (excludes halogenated alkanes) is 6. The van der Waals surface area contributed by atoms with Crippen molar-refractivity contribution in [3.63, 3.8) is 0 Å². The molecule has 44 heavy (non-hydrogen) atoms. The van der Waals surface area contributed by atoms with Gasteiger partial charge in [-0.05, 0) is 69.4 Å². The van der Waals surface area contributed by atoms with Gasteiger partial charge in [0.2, 0.25) is 0 Å². The second kappa shape index (κ2) is 13.3. The molecule has 0 spiro atoms.